The van der Waals surface area contributed by atoms with Crippen LogP contribution in [0.4, 0.5) is 5.69 Å². The number of nitrogens with one attached hydrogen (secondary N) is 2. The summed E-state index contributed by atoms with van der Waals surface area (Å²) in [6, 6.07) is 21.8. The number of benzene rings is 3. The number of anilines is 1. The Labute approximate surface area is 184 Å². The predicted molar refractivity (Wildman–Crippen MR) is 120 cm³/mol. The first-order valence-corrected chi connectivity index (χ1v) is 9.79. The molecule has 0 aliphatic heterocycles. The van der Waals surface area contributed by atoms with Crippen LogP contribution in [0.2, 0.25) is 0 Å². The second kappa shape index (κ2) is 11.1. The van der Waals surface area contributed by atoms with Crippen LogP contribution >= 0.6 is 0 Å². The van der Waals surface area contributed by atoms with Gasteiger partial charge in [-0.15, -0.1) is 0 Å². The fourth-order valence-electron chi connectivity index (χ4n) is 2.57. The molecule has 2 amide bonds. The van der Waals surface area contributed by atoms with Crippen LogP contribution < -0.4 is 20.2 Å². The average Bonchev–Trinajstić information content (AvgIpc) is 2.81. The van der Waals surface area contributed by atoms with E-state index < -0.39 is 17.8 Å². The molecule has 0 saturated carbocycles. The van der Waals surface area contributed by atoms with Crippen LogP contribution in [0.5, 0.6) is 11.5 Å². The molecule has 0 radical (unpaired) electrons. The maximum absolute atomic E-state index is 12.2. The quantitative estimate of drug-likeness (QED) is 0.196. The maximum atomic E-state index is 12.2. The van der Waals surface area contributed by atoms with E-state index in [4.69, 9.17) is 9.47 Å². The van der Waals surface area contributed by atoms with E-state index in [0.717, 1.165) is 0 Å². The Balaban J connectivity index is 1.49. The fourth-order valence-corrected chi connectivity index (χ4v) is 2.57. The molecule has 0 bridgehead atoms. The van der Waals surface area contributed by atoms with Gasteiger partial charge < -0.3 is 14.8 Å². The summed E-state index contributed by atoms with van der Waals surface area (Å²) >= 11 is 0. The predicted octanol–water partition coefficient (Wildman–Crippen LogP) is 3.39. The highest BCUT2D eigenvalue weighted by atomic mass is 16.5. The molecule has 0 aromatic heterocycles. The van der Waals surface area contributed by atoms with Gasteiger partial charge in [0, 0.05) is 5.69 Å². The Morgan fingerprint density at radius 3 is 2.16 bits per heavy atom. The summed E-state index contributed by atoms with van der Waals surface area (Å²) in [4.78, 5) is 35.9. The topological polar surface area (TPSA) is 106 Å². The molecule has 0 aliphatic rings. The summed E-state index contributed by atoms with van der Waals surface area (Å²) in [6.45, 7) is 2.43. The lowest BCUT2D eigenvalue weighted by Gasteiger charge is -2.06. The summed E-state index contributed by atoms with van der Waals surface area (Å²) in [7, 11) is 0. The number of carbonyl (C=O) groups excluding carboxylic acids is 3. The highest BCUT2D eigenvalue weighted by Gasteiger charge is 2.12. The first kappa shape index (κ1) is 22.2. The number of hydrogen-bond acceptors (Lipinski definition) is 6. The van der Waals surface area contributed by atoms with Crippen molar-refractivity contribution < 1.29 is 23.9 Å². The molecule has 0 atom stereocenters. The SMILES string of the molecule is CCOc1ccc(C(=O)Oc2ccc(C=NNC(=O)C(=O)Nc3ccccc3)cc2)cc1. The molecule has 8 heteroatoms. The van der Waals surface area contributed by atoms with Crippen LogP contribution in [0.15, 0.2) is 84.0 Å². The highest BCUT2D eigenvalue weighted by Crippen LogP contribution is 2.16. The first-order valence-electron chi connectivity index (χ1n) is 9.79. The summed E-state index contributed by atoms with van der Waals surface area (Å²) in [5.41, 5.74) is 3.69. The van der Waals surface area contributed by atoms with Crippen molar-refractivity contribution in [2.45, 2.75) is 6.92 Å². The number of para-hydroxylation sites is 1. The molecule has 0 unspecified atom stereocenters. The Morgan fingerprint density at radius 1 is 0.844 bits per heavy atom. The zero-order valence-electron chi connectivity index (χ0n) is 17.3. The van der Waals surface area contributed by atoms with Gasteiger partial charge in [-0.3, -0.25) is 9.59 Å². The lowest BCUT2D eigenvalue weighted by molar-refractivity contribution is -0.136. The Kier molecular flexibility index (Phi) is 7.69. The van der Waals surface area contributed by atoms with E-state index in [1.54, 1.807) is 78.9 Å². The minimum absolute atomic E-state index is 0.354. The first-order chi connectivity index (χ1) is 15.5. The van der Waals surface area contributed by atoms with Crippen molar-refractivity contribution in [3.8, 4) is 11.5 Å². The average molecular weight is 431 g/mol. The van der Waals surface area contributed by atoms with Gasteiger partial charge >= 0.3 is 17.8 Å². The third-order valence-corrected chi connectivity index (χ3v) is 4.11. The highest BCUT2D eigenvalue weighted by molar-refractivity contribution is 6.39. The number of hydrazone groups is 1. The van der Waals surface area contributed by atoms with Crippen LogP contribution in [0.25, 0.3) is 0 Å². The molecule has 3 aromatic carbocycles. The molecule has 0 spiro atoms. The second-order valence-corrected chi connectivity index (χ2v) is 6.44. The van der Waals surface area contributed by atoms with Crippen LogP contribution in [0.1, 0.15) is 22.8 Å². The zero-order chi connectivity index (χ0) is 22.8. The number of nitrogens with zero attached hydrogens (tertiary/aromatic N) is 1. The number of carbonyl (C=O) groups is 3. The van der Waals surface area contributed by atoms with E-state index in [1.807, 2.05) is 6.92 Å². The van der Waals surface area contributed by atoms with Gasteiger partial charge in [-0.05, 0) is 73.2 Å². The number of amides is 2. The largest absolute Gasteiger partial charge is 0.494 e. The summed E-state index contributed by atoms with van der Waals surface area (Å²) < 4.78 is 10.7. The standard InChI is InChI=1S/C24H21N3O5/c1-2-31-20-14-10-18(11-15-20)24(30)32-21-12-8-17(9-13-21)16-25-27-23(29)22(28)26-19-6-4-3-5-7-19/h3-16H,2H2,1H3,(H,26,28)(H,27,29). The molecule has 2 N–H and O–H groups in total. The smallest absolute Gasteiger partial charge is 0.343 e. The monoisotopic (exact) mass is 431 g/mol. The molecule has 3 rings (SSSR count). The summed E-state index contributed by atoms with van der Waals surface area (Å²) in [5, 5.41) is 6.22. The van der Waals surface area contributed by atoms with E-state index in [-0.39, 0.29) is 0 Å². The van der Waals surface area contributed by atoms with Crippen LogP contribution in [0.3, 0.4) is 0 Å². The van der Waals surface area contributed by atoms with Crippen LogP contribution in [-0.4, -0.2) is 30.6 Å². The van der Waals surface area contributed by atoms with Crippen molar-refractivity contribution in [3.63, 3.8) is 0 Å². The lowest BCUT2D eigenvalue weighted by atomic mass is 10.2. The number of rotatable bonds is 7. The number of hydrogen-bond donors (Lipinski definition) is 2. The van der Waals surface area contributed by atoms with Crippen molar-refractivity contribution in [2.75, 3.05) is 11.9 Å². The minimum Gasteiger partial charge on any atom is -0.494 e. The maximum Gasteiger partial charge on any atom is 0.343 e. The zero-order valence-corrected chi connectivity index (χ0v) is 17.3. The lowest BCUT2D eigenvalue weighted by Crippen LogP contribution is -2.32. The molecule has 0 aliphatic carbocycles. The molecule has 32 heavy (non-hydrogen) atoms. The van der Waals surface area contributed by atoms with Crippen molar-refractivity contribution in [3.05, 3.63) is 90.0 Å². The summed E-state index contributed by atoms with van der Waals surface area (Å²) in [6.07, 6.45) is 1.37. The van der Waals surface area contributed by atoms with E-state index in [2.05, 4.69) is 15.8 Å². The molecule has 0 fully saturated rings. The molecule has 0 saturated heterocycles. The molecule has 3 aromatic rings. The van der Waals surface area contributed by atoms with Gasteiger partial charge in [0.2, 0.25) is 0 Å². The molecular formula is C24H21N3O5. The number of esters is 1. The van der Waals surface area contributed by atoms with Crippen molar-refractivity contribution in [1.82, 2.24) is 5.43 Å². The summed E-state index contributed by atoms with van der Waals surface area (Å²) in [5.74, 6) is -1.19. The Bertz CT molecular complexity index is 1090. The van der Waals surface area contributed by atoms with E-state index in [1.165, 1.54) is 6.21 Å². The van der Waals surface area contributed by atoms with Crippen molar-refractivity contribution in [1.29, 1.82) is 0 Å². The molecular weight excluding hydrogens is 410 g/mol. The van der Waals surface area contributed by atoms with Crippen LogP contribution in [-0.2, 0) is 9.59 Å². The van der Waals surface area contributed by atoms with Gasteiger partial charge in [0.15, 0.2) is 0 Å². The van der Waals surface area contributed by atoms with Crippen molar-refractivity contribution in [2.24, 2.45) is 5.10 Å². The fraction of sp³-hybridized carbons (Fsp3) is 0.0833. The van der Waals surface area contributed by atoms with Gasteiger partial charge in [-0.25, -0.2) is 10.2 Å². The van der Waals surface area contributed by atoms with Gasteiger partial charge in [0.1, 0.15) is 11.5 Å². The van der Waals surface area contributed by atoms with Crippen LogP contribution in [0, 0.1) is 0 Å². The number of ether oxygens (including phenoxy) is 2. The molecule has 8 nitrogen and oxygen atoms in total. The third-order valence-electron chi connectivity index (χ3n) is 4.11. The van der Waals surface area contributed by atoms with Gasteiger partial charge in [0.25, 0.3) is 0 Å². The minimum atomic E-state index is -0.897. The van der Waals surface area contributed by atoms with E-state index in [0.29, 0.717) is 34.9 Å². The molecule has 0 heterocycles. The van der Waals surface area contributed by atoms with E-state index in [9.17, 15) is 14.4 Å². The van der Waals surface area contributed by atoms with Gasteiger partial charge in [-0.1, -0.05) is 18.2 Å². The van der Waals surface area contributed by atoms with Gasteiger partial charge in [-0.2, -0.15) is 5.10 Å². The van der Waals surface area contributed by atoms with E-state index >= 15 is 0 Å². The third kappa shape index (κ3) is 6.53. The van der Waals surface area contributed by atoms with Gasteiger partial charge in [0.05, 0.1) is 18.4 Å². The Hall–Kier alpha value is -4.46. The normalized spacial score (nSPS) is 10.4. The van der Waals surface area contributed by atoms with Crippen molar-refractivity contribution >= 4 is 29.7 Å². The second-order valence-electron chi connectivity index (χ2n) is 6.44. The molecule has 162 valence electrons. The Morgan fingerprint density at radius 2 is 1.50 bits per heavy atom.